The summed E-state index contributed by atoms with van der Waals surface area (Å²) in [5.41, 5.74) is 4.85. The summed E-state index contributed by atoms with van der Waals surface area (Å²) in [5.74, 6) is 1.93. The molecule has 1 heterocycles. The molecule has 0 unspecified atom stereocenters. The van der Waals surface area contributed by atoms with E-state index in [4.69, 9.17) is 20.4 Å². The van der Waals surface area contributed by atoms with Crippen LogP contribution in [0, 0.1) is 6.92 Å². The summed E-state index contributed by atoms with van der Waals surface area (Å²) in [6, 6.07) is 25.3. The molecule has 0 spiro atoms. The second kappa shape index (κ2) is 9.27. The van der Waals surface area contributed by atoms with Crippen LogP contribution >= 0.6 is 0 Å². The molecule has 3 heteroatoms. The minimum atomic E-state index is -0.275. The highest BCUT2D eigenvalue weighted by molar-refractivity contribution is 5.82. The lowest BCUT2D eigenvalue weighted by molar-refractivity contribution is 0.543. The van der Waals surface area contributed by atoms with Gasteiger partial charge in [-0.15, -0.1) is 0 Å². The molecule has 3 nitrogen and oxygen atoms in total. The number of rotatable bonds is 4. The van der Waals surface area contributed by atoms with Crippen LogP contribution in [0.25, 0.3) is 45.0 Å². The topological polar surface area (TPSA) is 38.7 Å². The molecule has 172 valence electrons. The van der Waals surface area contributed by atoms with E-state index >= 15 is 0 Å². The van der Waals surface area contributed by atoms with Gasteiger partial charge in [0.25, 0.3) is 0 Å². The minimum Gasteiger partial charge on any atom is -0.212 e. The predicted octanol–water partition coefficient (Wildman–Crippen LogP) is 8.15. The van der Waals surface area contributed by atoms with E-state index in [1.807, 2.05) is 78.9 Å². The lowest BCUT2D eigenvalue weighted by Gasteiger charge is -2.19. The summed E-state index contributed by atoms with van der Waals surface area (Å²) in [4.78, 5) is 14.6. The molecule has 5 rings (SSSR count). The van der Waals surface area contributed by atoms with Gasteiger partial charge >= 0.3 is 0 Å². The molecule has 0 aliphatic rings. The quantitative estimate of drug-likeness (QED) is 0.272. The lowest BCUT2D eigenvalue weighted by atomic mass is 9.94. The number of benzene rings is 4. The molecule has 0 radical (unpaired) electrons. The lowest BCUT2D eigenvalue weighted by Crippen LogP contribution is -2.18. The van der Waals surface area contributed by atoms with Crippen molar-refractivity contribution in [2.75, 3.05) is 0 Å². The first kappa shape index (κ1) is 18.2. The normalized spacial score (nSPS) is 13.0. The monoisotopic (exact) mass is 459 g/mol. The Morgan fingerprint density at radius 1 is 0.600 bits per heavy atom. The molecular weight excluding hydrogens is 426 g/mol. The van der Waals surface area contributed by atoms with Crippen molar-refractivity contribution in [3.05, 3.63) is 114 Å². The van der Waals surface area contributed by atoms with Gasteiger partial charge in [0, 0.05) is 16.5 Å². The minimum absolute atomic E-state index is 0.0684. The van der Waals surface area contributed by atoms with Crippen LogP contribution in [0.15, 0.2) is 103 Å². The van der Waals surface area contributed by atoms with E-state index in [0.717, 1.165) is 22.3 Å². The molecule has 0 saturated heterocycles. The maximum atomic E-state index is 8.49. The van der Waals surface area contributed by atoms with E-state index in [0.29, 0.717) is 34.2 Å². The van der Waals surface area contributed by atoms with E-state index in [-0.39, 0.29) is 29.6 Å². The van der Waals surface area contributed by atoms with Gasteiger partial charge in [0.1, 0.15) is 5.82 Å². The van der Waals surface area contributed by atoms with E-state index in [1.54, 1.807) is 6.92 Å². The number of hydrogen-bond acceptors (Lipinski definition) is 3. The Balaban J connectivity index is 1.63. The predicted molar refractivity (Wildman–Crippen MR) is 145 cm³/mol. The van der Waals surface area contributed by atoms with Crippen LogP contribution in [0.5, 0.6) is 0 Å². The Bertz CT molecular complexity index is 1650. The maximum Gasteiger partial charge on any atom is 0.164 e. The first-order chi connectivity index (χ1) is 18.6. The van der Waals surface area contributed by atoms with Crippen molar-refractivity contribution < 1.29 is 5.48 Å². The summed E-state index contributed by atoms with van der Waals surface area (Å²) in [5, 5.41) is 0. The van der Waals surface area contributed by atoms with Gasteiger partial charge in [-0.25, -0.2) is 15.0 Å². The van der Waals surface area contributed by atoms with Crippen molar-refractivity contribution in [2.24, 2.45) is 0 Å². The van der Waals surface area contributed by atoms with Crippen molar-refractivity contribution in [2.45, 2.75) is 33.1 Å². The number of hydrogen-bond donors (Lipinski definition) is 0. The van der Waals surface area contributed by atoms with Crippen LogP contribution in [0.2, 0.25) is 0 Å². The average Bonchev–Trinajstić information content (AvgIpc) is 2.95. The summed E-state index contributed by atoms with van der Waals surface area (Å²) in [7, 11) is 0. The van der Waals surface area contributed by atoms with Crippen LogP contribution in [0.1, 0.15) is 37.6 Å². The number of aromatic nitrogens is 3. The first-order valence-corrected chi connectivity index (χ1v) is 11.7. The molecule has 1 aromatic heterocycles. The Labute approximate surface area is 213 Å². The zero-order valence-electron chi connectivity index (χ0n) is 24.3. The summed E-state index contributed by atoms with van der Waals surface area (Å²) in [6.07, 6.45) is 0. The van der Waals surface area contributed by atoms with Gasteiger partial charge in [-0.3, -0.25) is 0 Å². The van der Waals surface area contributed by atoms with Crippen LogP contribution < -0.4 is 0 Å². The van der Waals surface area contributed by atoms with Gasteiger partial charge in [0.15, 0.2) is 11.6 Å². The third-order valence-corrected chi connectivity index (χ3v) is 5.74. The standard InChI is InChI=1S/C32H29N3/c1-22-11-10-14-26(21-22)23-17-19-24(20-18-23)27-15-8-9-16-28(27)30-33-29(25-12-6-5-7-13-25)34-31(35-30)32(2,3)4/h5-21H,1-4H3/i10D,11D,14D,21D. The molecular formula is C32H29N3. The van der Waals surface area contributed by atoms with E-state index in [1.165, 1.54) is 0 Å². The highest BCUT2D eigenvalue weighted by Crippen LogP contribution is 2.33. The highest BCUT2D eigenvalue weighted by atomic mass is 15.0. The van der Waals surface area contributed by atoms with Crippen LogP contribution in [-0.2, 0) is 5.41 Å². The Morgan fingerprint density at radius 2 is 1.23 bits per heavy atom. The fourth-order valence-electron chi connectivity index (χ4n) is 3.88. The van der Waals surface area contributed by atoms with Gasteiger partial charge in [-0.1, -0.05) is 129 Å². The Morgan fingerprint density at radius 3 is 1.94 bits per heavy atom. The van der Waals surface area contributed by atoms with Crippen LogP contribution in [0.4, 0.5) is 0 Å². The molecule has 0 aliphatic heterocycles. The summed E-state index contributed by atoms with van der Waals surface area (Å²) in [6.45, 7) is 7.91. The van der Waals surface area contributed by atoms with Crippen molar-refractivity contribution in [3.8, 4) is 45.0 Å². The second-order valence-electron chi connectivity index (χ2n) is 9.55. The largest absolute Gasteiger partial charge is 0.212 e. The zero-order chi connectivity index (χ0) is 27.9. The maximum absolute atomic E-state index is 8.49. The molecule has 4 aromatic carbocycles. The van der Waals surface area contributed by atoms with Crippen molar-refractivity contribution >= 4 is 0 Å². The molecule has 0 amide bonds. The molecule has 5 aromatic rings. The van der Waals surface area contributed by atoms with Gasteiger partial charge in [0.2, 0.25) is 0 Å². The smallest absolute Gasteiger partial charge is 0.164 e. The van der Waals surface area contributed by atoms with Gasteiger partial charge in [0.05, 0.1) is 5.48 Å². The fraction of sp³-hybridized carbons (Fsp3) is 0.156. The van der Waals surface area contributed by atoms with Crippen molar-refractivity contribution in [1.29, 1.82) is 0 Å². The average molecular weight is 460 g/mol. The molecule has 0 fully saturated rings. The Kier molecular flexibility index (Phi) is 4.83. The molecule has 0 bridgehead atoms. The number of nitrogens with zero attached hydrogens (tertiary/aromatic N) is 3. The van der Waals surface area contributed by atoms with E-state index < -0.39 is 0 Å². The van der Waals surface area contributed by atoms with Gasteiger partial charge < -0.3 is 0 Å². The summed E-state index contributed by atoms with van der Waals surface area (Å²) < 4.78 is 33.0. The molecule has 0 atom stereocenters. The summed E-state index contributed by atoms with van der Waals surface area (Å²) >= 11 is 0. The Hall–Kier alpha value is -4.11. The van der Waals surface area contributed by atoms with E-state index in [9.17, 15) is 0 Å². The fourth-order valence-corrected chi connectivity index (χ4v) is 3.88. The van der Waals surface area contributed by atoms with Crippen LogP contribution in [0.3, 0.4) is 0 Å². The molecule has 0 aliphatic carbocycles. The van der Waals surface area contributed by atoms with Crippen molar-refractivity contribution in [3.63, 3.8) is 0 Å². The van der Waals surface area contributed by atoms with Gasteiger partial charge in [-0.05, 0) is 29.2 Å². The first-order valence-electron chi connectivity index (χ1n) is 13.7. The highest BCUT2D eigenvalue weighted by Gasteiger charge is 2.22. The third kappa shape index (κ3) is 4.90. The van der Waals surface area contributed by atoms with E-state index in [2.05, 4.69) is 20.8 Å². The molecule has 0 N–H and O–H groups in total. The SMILES string of the molecule is [2H]c1c([2H])c(C)c([2H])c(-c2ccc(-c3ccccc3-c3nc(-c4ccccc4)nc(C(C)(C)C)n3)cc2)c1[2H]. The molecule has 0 saturated carbocycles. The molecule has 35 heavy (non-hydrogen) atoms. The third-order valence-electron chi connectivity index (χ3n) is 5.74. The zero-order valence-corrected chi connectivity index (χ0v) is 20.3. The van der Waals surface area contributed by atoms with Crippen LogP contribution in [-0.4, -0.2) is 15.0 Å². The second-order valence-corrected chi connectivity index (χ2v) is 9.55. The van der Waals surface area contributed by atoms with Gasteiger partial charge in [-0.2, -0.15) is 0 Å². The van der Waals surface area contributed by atoms with Crippen molar-refractivity contribution in [1.82, 2.24) is 15.0 Å².